The number of hydrogen-bond acceptors (Lipinski definition) is 5. The second-order valence-corrected chi connectivity index (χ2v) is 5.34. The van der Waals surface area contributed by atoms with E-state index in [0.717, 1.165) is 31.7 Å². The highest BCUT2D eigenvalue weighted by atomic mass is 32.1. The second-order valence-electron chi connectivity index (χ2n) is 4.45. The second kappa shape index (κ2) is 6.15. The van der Waals surface area contributed by atoms with Crippen LogP contribution >= 0.6 is 11.3 Å². The lowest BCUT2D eigenvalue weighted by Crippen LogP contribution is -2.37. The predicted octanol–water partition coefficient (Wildman–Crippen LogP) is 1.30. The van der Waals surface area contributed by atoms with Gasteiger partial charge in [-0.2, -0.15) is 0 Å². The first-order valence-electron chi connectivity index (χ1n) is 6.28. The van der Waals surface area contributed by atoms with Crippen LogP contribution < -0.4 is 5.73 Å². The third kappa shape index (κ3) is 3.43. The van der Waals surface area contributed by atoms with Gasteiger partial charge in [0.15, 0.2) is 5.13 Å². The van der Waals surface area contributed by atoms with Gasteiger partial charge in [0.2, 0.25) is 5.91 Å². The van der Waals surface area contributed by atoms with Gasteiger partial charge in [-0.05, 0) is 12.8 Å². The lowest BCUT2D eigenvalue weighted by atomic mass is 10.2. The zero-order chi connectivity index (χ0) is 13.0. The van der Waals surface area contributed by atoms with E-state index in [0.29, 0.717) is 18.1 Å². The third-order valence-corrected chi connectivity index (χ3v) is 3.78. The molecule has 0 aliphatic carbocycles. The van der Waals surface area contributed by atoms with Gasteiger partial charge in [0.25, 0.3) is 0 Å². The summed E-state index contributed by atoms with van der Waals surface area (Å²) in [6.07, 6.45) is 2.34. The number of nitrogens with zero attached hydrogens (tertiary/aromatic N) is 2. The molecule has 5 nitrogen and oxygen atoms in total. The Bertz CT molecular complexity index is 408. The van der Waals surface area contributed by atoms with Crippen molar-refractivity contribution in [2.75, 3.05) is 25.4 Å². The molecule has 1 aromatic rings. The van der Waals surface area contributed by atoms with Crippen molar-refractivity contribution in [3.63, 3.8) is 0 Å². The van der Waals surface area contributed by atoms with Crippen LogP contribution in [0.2, 0.25) is 0 Å². The van der Waals surface area contributed by atoms with Gasteiger partial charge in [-0.25, -0.2) is 4.98 Å². The van der Waals surface area contributed by atoms with Crippen molar-refractivity contribution in [2.45, 2.75) is 32.3 Å². The zero-order valence-electron chi connectivity index (χ0n) is 10.6. The smallest absolute Gasteiger partial charge is 0.228 e. The normalized spacial score (nSPS) is 20.7. The molecule has 2 heterocycles. The van der Waals surface area contributed by atoms with Gasteiger partial charge in [0.1, 0.15) is 0 Å². The number of carbonyl (C=O) groups is 1. The highest BCUT2D eigenvalue weighted by molar-refractivity contribution is 7.13. The molecule has 0 radical (unpaired) electrons. The van der Waals surface area contributed by atoms with E-state index < -0.39 is 0 Å². The number of rotatable bonds is 3. The summed E-state index contributed by atoms with van der Waals surface area (Å²) in [6.45, 7) is 4.29. The molecule has 0 spiro atoms. The molecule has 0 saturated carbocycles. The molecular formula is C12H19N3O2S. The van der Waals surface area contributed by atoms with E-state index in [-0.39, 0.29) is 12.0 Å². The van der Waals surface area contributed by atoms with Crippen LogP contribution in [0, 0.1) is 0 Å². The molecule has 18 heavy (non-hydrogen) atoms. The molecule has 1 aliphatic heterocycles. The van der Waals surface area contributed by atoms with E-state index in [9.17, 15) is 4.79 Å². The number of hydrogen-bond donors (Lipinski definition) is 1. The summed E-state index contributed by atoms with van der Waals surface area (Å²) in [5.41, 5.74) is 6.33. The quantitative estimate of drug-likeness (QED) is 0.898. The average Bonchev–Trinajstić information content (AvgIpc) is 2.65. The summed E-state index contributed by atoms with van der Waals surface area (Å²) in [4.78, 5) is 18.2. The van der Waals surface area contributed by atoms with E-state index in [1.165, 1.54) is 11.3 Å². The summed E-state index contributed by atoms with van der Waals surface area (Å²) in [6, 6.07) is 0. The maximum absolute atomic E-state index is 12.2. The van der Waals surface area contributed by atoms with Gasteiger partial charge >= 0.3 is 0 Å². The molecule has 100 valence electrons. The molecule has 2 rings (SSSR count). The number of ether oxygens (including phenoxy) is 1. The highest BCUT2D eigenvalue weighted by Gasteiger charge is 2.22. The van der Waals surface area contributed by atoms with Crippen LogP contribution in [0.4, 0.5) is 5.13 Å². The molecule has 1 aliphatic rings. The predicted molar refractivity (Wildman–Crippen MR) is 71.5 cm³/mol. The Kier molecular flexibility index (Phi) is 4.54. The molecule has 6 heteroatoms. The lowest BCUT2D eigenvalue weighted by molar-refractivity contribution is -0.131. The fourth-order valence-electron chi connectivity index (χ4n) is 2.04. The summed E-state index contributed by atoms with van der Waals surface area (Å²) in [7, 11) is 0. The molecule has 0 bridgehead atoms. The van der Waals surface area contributed by atoms with Crippen molar-refractivity contribution in [1.29, 1.82) is 0 Å². The Labute approximate surface area is 111 Å². The number of anilines is 1. The van der Waals surface area contributed by atoms with Gasteiger partial charge in [-0.3, -0.25) is 4.79 Å². The summed E-state index contributed by atoms with van der Waals surface area (Å²) in [5, 5.41) is 2.36. The number of amides is 1. The first kappa shape index (κ1) is 13.3. The Morgan fingerprint density at radius 3 is 3.22 bits per heavy atom. The highest BCUT2D eigenvalue weighted by Crippen LogP contribution is 2.14. The van der Waals surface area contributed by atoms with Crippen LogP contribution in [0.15, 0.2) is 5.38 Å². The van der Waals surface area contributed by atoms with Crippen molar-refractivity contribution in [3.8, 4) is 0 Å². The number of aromatic nitrogens is 1. The number of thiazole rings is 1. The molecule has 1 saturated heterocycles. The molecule has 0 aromatic carbocycles. The minimum absolute atomic E-state index is 0.115. The summed E-state index contributed by atoms with van der Waals surface area (Å²) < 4.78 is 5.66. The average molecular weight is 269 g/mol. The van der Waals surface area contributed by atoms with E-state index in [1.807, 2.05) is 10.3 Å². The van der Waals surface area contributed by atoms with E-state index in [1.54, 1.807) is 0 Å². The van der Waals surface area contributed by atoms with E-state index >= 15 is 0 Å². The Morgan fingerprint density at radius 2 is 2.56 bits per heavy atom. The minimum Gasteiger partial charge on any atom is -0.376 e. The van der Waals surface area contributed by atoms with Crippen LogP contribution in [-0.4, -0.2) is 41.6 Å². The van der Waals surface area contributed by atoms with Gasteiger partial charge in [0.05, 0.1) is 18.2 Å². The van der Waals surface area contributed by atoms with Gasteiger partial charge in [-0.15, -0.1) is 11.3 Å². The first-order chi connectivity index (χ1) is 8.69. The monoisotopic (exact) mass is 269 g/mol. The largest absolute Gasteiger partial charge is 0.376 e. The molecule has 1 fully saturated rings. The van der Waals surface area contributed by atoms with Crippen molar-refractivity contribution in [2.24, 2.45) is 0 Å². The molecular weight excluding hydrogens is 250 g/mol. The van der Waals surface area contributed by atoms with Crippen LogP contribution in [0.3, 0.4) is 0 Å². The van der Waals surface area contributed by atoms with Crippen molar-refractivity contribution < 1.29 is 9.53 Å². The summed E-state index contributed by atoms with van der Waals surface area (Å²) in [5.74, 6) is 0.115. The molecule has 1 amide bonds. The topological polar surface area (TPSA) is 68.5 Å². The van der Waals surface area contributed by atoms with Crippen molar-refractivity contribution in [1.82, 2.24) is 9.88 Å². The standard InChI is InChI=1S/C12H19N3O2S/c1-2-10-7-15(4-3-5-17-10)11(16)6-9-8-18-12(13)14-9/h8,10H,2-7H2,1H3,(H2,13,14). The number of nitrogen functional groups attached to an aromatic ring is 1. The first-order valence-corrected chi connectivity index (χ1v) is 7.16. The molecule has 2 N–H and O–H groups in total. The minimum atomic E-state index is 0.115. The molecule has 1 unspecified atom stereocenters. The van der Waals surface area contributed by atoms with Crippen LogP contribution in [0.25, 0.3) is 0 Å². The fraction of sp³-hybridized carbons (Fsp3) is 0.667. The van der Waals surface area contributed by atoms with Crippen molar-refractivity contribution >= 4 is 22.4 Å². The summed E-state index contributed by atoms with van der Waals surface area (Å²) >= 11 is 1.37. The van der Waals surface area contributed by atoms with E-state index in [2.05, 4.69) is 11.9 Å². The maximum atomic E-state index is 12.2. The van der Waals surface area contributed by atoms with Crippen molar-refractivity contribution in [3.05, 3.63) is 11.1 Å². The lowest BCUT2D eigenvalue weighted by Gasteiger charge is -2.23. The Hall–Kier alpha value is -1.14. The molecule has 1 atom stereocenters. The van der Waals surface area contributed by atoms with Gasteiger partial charge < -0.3 is 15.4 Å². The molecule has 1 aromatic heterocycles. The van der Waals surface area contributed by atoms with E-state index in [4.69, 9.17) is 10.5 Å². The Balaban J connectivity index is 1.94. The Morgan fingerprint density at radius 1 is 1.72 bits per heavy atom. The van der Waals surface area contributed by atoms with Crippen LogP contribution in [0.5, 0.6) is 0 Å². The SMILES string of the molecule is CCC1CN(C(=O)Cc2csc(N)n2)CCCO1. The van der Waals surface area contributed by atoms with Gasteiger partial charge in [-0.1, -0.05) is 6.92 Å². The fourth-order valence-corrected chi connectivity index (χ4v) is 2.60. The van der Waals surface area contributed by atoms with Crippen LogP contribution in [-0.2, 0) is 16.0 Å². The van der Waals surface area contributed by atoms with Crippen LogP contribution in [0.1, 0.15) is 25.5 Å². The van der Waals surface area contributed by atoms with Gasteiger partial charge in [0, 0.05) is 25.1 Å². The third-order valence-electron chi connectivity index (χ3n) is 3.06. The number of nitrogens with two attached hydrogens (primary N) is 1. The number of carbonyl (C=O) groups excluding carboxylic acids is 1. The zero-order valence-corrected chi connectivity index (χ0v) is 11.4. The maximum Gasteiger partial charge on any atom is 0.228 e.